The monoisotopic (exact) mass is 408 g/mol. The van der Waals surface area contributed by atoms with Crippen LogP contribution in [0.3, 0.4) is 0 Å². The highest BCUT2D eigenvalue weighted by Crippen LogP contribution is 2.25. The highest BCUT2D eigenvalue weighted by Gasteiger charge is 2.09. The second-order valence-corrected chi connectivity index (χ2v) is 7.54. The second kappa shape index (κ2) is 9.99. The van der Waals surface area contributed by atoms with Crippen LogP contribution in [0.15, 0.2) is 72.8 Å². The summed E-state index contributed by atoms with van der Waals surface area (Å²) >= 11 is 6.20. The summed E-state index contributed by atoms with van der Waals surface area (Å²) in [6.07, 6.45) is 0. The van der Waals surface area contributed by atoms with Gasteiger partial charge in [-0.1, -0.05) is 61.8 Å². The fraction of sp³-hybridized carbons (Fsp3) is 0.208. The minimum Gasteiger partial charge on any atom is -0.489 e. The molecule has 0 aliphatic heterocycles. The summed E-state index contributed by atoms with van der Waals surface area (Å²) in [6.45, 7) is 4.78. The van der Waals surface area contributed by atoms with Crippen LogP contribution in [0.5, 0.6) is 5.75 Å². The van der Waals surface area contributed by atoms with E-state index in [1.54, 1.807) is 0 Å². The average molecular weight is 409 g/mol. The van der Waals surface area contributed by atoms with Crippen LogP contribution in [0.4, 0.5) is 11.4 Å². The van der Waals surface area contributed by atoms with Crippen LogP contribution in [-0.4, -0.2) is 5.91 Å². The van der Waals surface area contributed by atoms with Gasteiger partial charge in [0.05, 0.1) is 0 Å². The van der Waals surface area contributed by atoms with Crippen LogP contribution in [0.1, 0.15) is 25.0 Å². The zero-order valence-electron chi connectivity index (χ0n) is 16.6. The lowest BCUT2D eigenvalue weighted by atomic mass is 10.1. The first-order valence-electron chi connectivity index (χ1n) is 9.61. The number of ether oxygens (including phenoxy) is 1. The van der Waals surface area contributed by atoms with Gasteiger partial charge in [0.25, 0.3) is 0 Å². The Bertz CT molecular complexity index is 958. The molecule has 5 heteroatoms. The van der Waals surface area contributed by atoms with E-state index in [0.29, 0.717) is 18.2 Å². The summed E-state index contributed by atoms with van der Waals surface area (Å²) in [7, 11) is 0. The van der Waals surface area contributed by atoms with Crippen LogP contribution < -0.4 is 15.4 Å². The number of carbonyl (C=O) groups is 1. The number of halogens is 1. The molecular formula is C24H25ClN2O2. The van der Waals surface area contributed by atoms with Crippen LogP contribution in [0.2, 0.25) is 5.02 Å². The third-order valence-electron chi connectivity index (χ3n) is 4.40. The number of nitrogens with one attached hydrogen (secondary N) is 2. The predicted molar refractivity (Wildman–Crippen MR) is 119 cm³/mol. The molecule has 0 saturated carbocycles. The first kappa shape index (κ1) is 20.7. The number of hydrogen-bond donors (Lipinski definition) is 2. The van der Waals surface area contributed by atoms with E-state index in [4.69, 9.17) is 16.3 Å². The maximum Gasteiger partial charge on any atom is 0.226 e. The molecule has 0 aliphatic carbocycles. The smallest absolute Gasteiger partial charge is 0.226 e. The molecule has 150 valence electrons. The summed E-state index contributed by atoms with van der Waals surface area (Å²) in [5.74, 6) is 0.714. The Morgan fingerprint density at radius 1 is 0.966 bits per heavy atom. The van der Waals surface area contributed by atoms with Crippen molar-refractivity contribution in [1.29, 1.82) is 0 Å². The Morgan fingerprint density at radius 2 is 1.72 bits per heavy atom. The Hall–Kier alpha value is -2.98. The topological polar surface area (TPSA) is 50.4 Å². The summed E-state index contributed by atoms with van der Waals surface area (Å²) in [6, 6.07) is 23.3. The molecule has 4 nitrogen and oxygen atoms in total. The van der Waals surface area contributed by atoms with E-state index in [9.17, 15) is 4.79 Å². The molecule has 0 spiro atoms. The van der Waals surface area contributed by atoms with Gasteiger partial charge >= 0.3 is 0 Å². The molecule has 0 atom stereocenters. The number of hydrogen-bond acceptors (Lipinski definition) is 3. The second-order valence-electron chi connectivity index (χ2n) is 7.10. The maximum absolute atomic E-state index is 11.9. The predicted octanol–water partition coefficient (Wildman–Crippen LogP) is 6.13. The molecule has 0 fully saturated rings. The third kappa shape index (κ3) is 6.26. The van der Waals surface area contributed by atoms with E-state index in [-0.39, 0.29) is 11.8 Å². The molecule has 0 heterocycles. The van der Waals surface area contributed by atoms with Crippen molar-refractivity contribution in [2.75, 3.05) is 10.6 Å². The first-order valence-corrected chi connectivity index (χ1v) is 9.99. The molecule has 3 aromatic carbocycles. The number of anilines is 2. The highest BCUT2D eigenvalue weighted by atomic mass is 35.5. The van der Waals surface area contributed by atoms with Gasteiger partial charge in [-0.3, -0.25) is 4.79 Å². The molecule has 0 aliphatic rings. The quantitative estimate of drug-likeness (QED) is 0.471. The first-order chi connectivity index (χ1) is 14.0. The minimum absolute atomic E-state index is 0.00594. The summed E-state index contributed by atoms with van der Waals surface area (Å²) < 4.78 is 6.01. The van der Waals surface area contributed by atoms with Crippen molar-refractivity contribution in [2.45, 2.75) is 27.0 Å². The summed E-state index contributed by atoms with van der Waals surface area (Å²) in [5.41, 5.74) is 3.74. The van der Waals surface area contributed by atoms with E-state index in [1.165, 1.54) is 0 Å². The third-order valence-corrected chi connectivity index (χ3v) is 4.63. The zero-order chi connectivity index (χ0) is 20.6. The van der Waals surface area contributed by atoms with Gasteiger partial charge in [-0.2, -0.15) is 0 Å². The van der Waals surface area contributed by atoms with Crippen LogP contribution in [0, 0.1) is 5.92 Å². The van der Waals surface area contributed by atoms with Gasteiger partial charge in [0.2, 0.25) is 5.91 Å². The number of benzene rings is 3. The van der Waals surface area contributed by atoms with E-state index >= 15 is 0 Å². The average Bonchev–Trinajstić information content (AvgIpc) is 2.72. The molecular weight excluding hydrogens is 384 g/mol. The highest BCUT2D eigenvalue weighted by molar-refractivity contribution is 6.30. The van der Waals surface area contributed by atoms with E-state index in [1.807, 2.05) is 86.6 Å². The fourth-order valence-electron chi connectivity index (χ4n) is 2.75. The molecule has 0 radical (unpaired) electrons. The maximum atomic E-state index is 11.9. The van der Waals surface area contributed by atoms with Crippen molar-refractivity contribution in [1.82, 2.24) is 0 Å². The van der Waals surface area contributed by atoms with Gasteiger partial charge in [-0.05, 0) is 42.0 Å². The van der Waals surface area contributed by atoms with Gasteiger partial charge in [0.1, 0.15) is 12.4 Å². The lowest BCUT2D eigenvalue weighted by molar-refractivity contribution is -0.118. The van der Waals surface area contributed by atoms with Gasteiger partial charge in [-0.15, -0.1) is 0 Å². The summed E-state index contributed by atoms with van der Waals surface area (Å²) in [4.78, 5) is 11.9. The Labute approximate surface area is 176 Å². The lowest BCUT2D eigenvalue weighted by Gasteiger charge is -2.14. The van der Waals surface area contributed by atoms with Crippen molar-refractivity contribution in [3.63, 3.8) is 0 Å². The number of carbonyl (C=O) groups excluding carboxylic acids is 1. The van der Waals surface area contributed by atoms with Gasteiger partial charge in [-0.25, -0.2) is 0 Å². The molecule has 0 unspecified atom stereocenters. The van der Waals surface area contributed by atoms with Crippen molar-refractivity contribution in [2.24, 2.45) is 5.92 Å². The van der Waals surface area contributed by atoms with Crippen LogP contribution in [0.25, 0.3) is 0 Å². The van der Waals surface area contributed by atoms with Gasteiger partial charge in [0.15, 0.2) is 0 Å². The largest absolute Gasteiger partial charge is 0.489 e. The lowest BCUT2D eigenvalue weighted by Crippen LogP contribution is -2.17. The molecule has 3 rings (SSSR count). The number of amides is 1. The fourth-order valence-corrected chi connectivity index (χ4v) is 2.95. The molecule has 1 amide bonds. The van der Waals surface area contributed by atoms with Crippen LogP contribution in [-0.2, 0) is 17.9 Å². The zero-order valence-corrected chi connectivity index (χ0v) is 17.4. The molecule has 0 saturated heterocycles. The molecule has 2 N–H and O–H groups in total. The SMILES string of the molecule is CC(C)C(=O)Nc1cccc(NCc2cc(Cl)ccc2OCc2ccccc2)c1. The Balaban J connectivity index is 1.67. The Morgan fingerprint density at radius 3 is 2.48 bits per heavy atom. The number of rotatable bonds is 8. The molecule has 0 aromatic heterocycles. The Kier molecular flexibility index (Phi) is 7.14. The van der Waals surface area contributed by atoms with Gasteiger partial charge in [0, 0.05) is 34.4 Å². The van der Waals surface area contributed by atoms with E-state index < -0.39 is 0 Å². The van der Waals surface area contributed by atoms with Gasteiger partial charge < -0.3 is 15.4 Å². The molecule has 29 heavy (non-hydrogen) atoms. The standard InChI is InChI=1S/C24H25ClN2O2/c1-17(2)24(28)27-22-10-6-9-21(14-22)26-15-19-13-20(25)11-12-23(19)29-16-18-7-4-3-5-8-18/h3-14,17,26H,15-16H2,1-2H3,(H,27,28). The van der Waals surface area contributed by atoms with E-state index in [2.05, 4.69) is 10.6 Å². The van der Waals surface area contributed by atoms with Crippen molar-refractivity contribution in [3.05, 3.63) is 88.9 Å². The molecule has 0 bridgehead atoms. The van der Waals surface area contributed by atoms with E-state index in [0.717, 1.165) is 28.3 Å². The van der Waals surface area contributed by atoms with Crippen molar-refractivity contribution >= 4 is 28.9 Å². The van der Waals surface area contributed by atoms with Crippen molar-refractivity contribution < 1.29 is 9.53 Å². The summed E-state index contributed by atoms with van der Waals surface area (Å²) in [5, 5.41) is 6.95. The van der Waals surface area contributed by atoms with Crippen molar-refractivity contribution in [3.8, 4) is 5.75 Å². The molecule has 3 aromatic rings. The van der Waals surface area contributed by atoms with Crippen LogP contribution >= 0.6 is 11.6 Å². The minimum atomic E-state index is -0.0672. The normalized spacial score (nSPS) is 10.6.